The van der Waals surface area contributed by atoms with Crippen LogP contribution in [0.3, 0.4) is 0 Å². The molecule has 20 heavy (non-hydrogen) atoms. The van der Waals surface area contributed by atoms with Crippen molar-refractivity contribution in [1.29, 1.82) is 0 Å². The second-order valence-corrected chi connectivity index (χ2v) is 5.39. The number of rotatable bonds is 5. The van der Waals surface area contributed by atoms with Gasteiger partial charge in [-0.05, 0) is 24.0 Å². The molecule has 0 saturated carbocycles. The van der Waals surface area contributed by atoms with Gasteiger partial charge in [-0.2, -0.15) is 0 Å². The van der Waals surface area contributed by atoms with Crippen LogP contribution >= 0.6 is 0 Å². The van der Waals surface area contributed by atoms with Gasteiger partial charge >= 0.3 is 5.97 Å². The molecule has 0 aromatic heterocycles. The molecule has 5 nitrogen and oxygen atoms in total. The van der Waals surface area contributed by atoms with Gasteiger partial charge in [0.15, 0.2) is 0 Å². The molecule has 0 radical (unpaired) electrons. The van der Waals surface area contributed by atoms with Gasteiger partial charge in [0.25, 0.3) is 0 Å². The Morgan fingerprint density at radius 3 is 2.95 bits per heavy atom. The summed E-state index contributed by atoms with van der Waals surface area (Å²) in [6.07, 6.45) is 0.800. The van der Waals surface area contributed by atoms with Gasteiger partial charge in [0.05, 0.1) is 5.92 Å². The smallest absolute Gasteiger partial charge is 0.303 e. The number of benzene rings is 1. The van der Waals surface area contributed by atoms with Crippen LogP contribution in [0.5, 0.6) is 0 Å². The van der Waals surface area contributed by atoms with Crippen molar-refractivity contribution in [2.75, 3.05) is 18.4 Å². The maximum atomic E-state index is 12.1. The molecular formula is C15H20N2O3. The van der Waals surface area contributed by atoms with Crippen molar-refractivity contribution in [3.63, 3.8) is 0 Å². The highest BCUT2D eigenvalue weighted by molar-refractivity contribution is 5.80. The highest BCUT2D eigenvalue weighted by Gasteiger charge is 2.24. The number of carbonyl (C=O) groups is 2. The van der Waals surface area contributed by atoms with Gasteiger partial charge in [0, 0.05) is 25.2 Å². The Bertz CT molecular complexity index is 502. The number of fused-ring (bicyclic) bond motifs is 1. The molecule has 108 valence electrons. The Labute approximate surface area is 118 Å². The Hall–Kier alpha value is -2.04. The first-order chi connectivity index (χ1) is 9.56. The highest BCUT2D eigenvalue weighted by atomic mass is 16.4. The van der Waals surface area contributed by atoms with E-state index in [4.69, 9.17) is 5.11 Å². The number of nitrogens with one attached hydrogen (secondary N) is 2. The fourth-order valence-electron chi connectivity index (χ4n) is 2.42. The first-order valence-electron chi connectivity index (χ1n) is 6.87. The van der Waals surface area contributed by atoms with Gasteiger partial charge in [0.2, 0.25) is 5.91 Å². The molecule has 0 fully saturated rings. The van der Waals surface area contributed by atoms with E-state index >= 15 is 0 Å². The average molecular weight is 276 g/mol. The minimum atomic E-state index is -0.833. The zero-order valence-corrected chi connectivity index (χ0v) is 11.6. The summed E-state index contributed by atoms with van der Waals surface area (Å²) in [5, 5.41) is 14.8. The van der Waals surface area contributed by atoms with Crippen LogP contribution < -0.4 is 10.6 Å². The number of carbonyl (C=O) groups excluding carboxylic acids is 1. The second kappa shape index (κ2) is 6.41. The zero-order chi connectivity index (χ0) is 14.5. The molecule has 2 rings (SSSR count). The van der Waals surface area contributed by atoms with Crippen molar-refractivity contribution in [1.82, 2.24) is 5.32 Å². The number of para-hydroxylation sites is 1. The maximum absolute atomic E-state index is 12.1. The monoisotopic (exact) mass is 276 g/mol. The van der Waals surface area contributed by atoms with Crippen LogP contribution in [-0.2, 0) is 16.0 Å². The third kappa shape index (κ3) is 3.73. The van der Waals surface area contributed by atoms with Crippen LogP contribution in [0.1, 0.15) is 18.9 Å². The molecule has 1 aliphatic rings. The Morgan fingerprint density at radius 2 is 2.20 bits per heavy atom. The molecule has 2 unspecified atom stereocenters. The lowest BCUT2D eigenvalue weighted by Crippen LogP contribution is -2.40. The molecule has 0 spiro atoms. The fraction of sp³-hybridized carbons (Fsp3) is 0.467. The van der Waals surface area contributed by atoms with Crippen LogP contribution in [-0.4, -0.2) is 30.1 Å². The van der Waals surface area contributed by atoms with E-state index in [0.717, 1.165) is 17.7 Å². The van der Waals surface area contributed by atoms with Gasteiger partial charge in [-0.3, -0.25) is 9.59 Å². The van der Waals surface area contributed by atoms with Crippen LogP contribution in [0.25, 0.3) is 0 Å². The van der Waals surface area contributed by atoms with Crippen LogP contribution in [0.2, 0.25) is 0 Å². The van der Waals surface area contributed by atoms with E-state index in [0.29, 0.717) is 13.1 Å². The summed E-state index contributed by atoms with van der Waals surface area (Å²) < 4.78 is 0. The average Bonchev–Trinajstić information content (AvgIpc) is 2.43. The summed E-state index contributed by atoms with van der Waals surface area (Å²) >= 11 is 0. The molecule has 0 bridgehead atoms. The van der Waals surface area contributed by atoms with Crippen LogP contribution in [0.4, 0.5) is 5.69 Å². The zero-order valence-electron chi connectivity index (χ0n) is 11.6. The number of amides is 1. The fourth-order valence-corrected chi connectivity index (χ4v) is 2.42. The molecule has 0 aliphatic carbocycles. The van der Waals surface area contributed by atoms with E-state index in [-0.39, 0.29) is 24.2 Å². The SMILES string of the molecule is CC(CNC(=O)C1CNc2ccccc2C1)CC(=O)O. The van der Waals surface area contributed by atoms with E-state index in [9.17, 15) is 9.59 Å². The van der Waals surface area contributed by atoms with Crippen molar-refractivity contribution in [2.45, 2.75) is 19.8 Å². The van der Waals surface area contributed by atoms with E-state index in [2.05, 4.69) is 10.6 Å². The summed E-state index contributed by atoms with van der Waals surface area (Å²) in [6, 6.07) is 7.97. The Balaban J connectivity index is 1.84. The lowest BCUT2D eigenvalue weighted by Gasteiger charge is -2.25. The molecule has 3 N–H and O–H groups in total. The normalized spacial score (nSPS) is 18.6. The molecule has 5 heteroatoms. The van der Waals surface area contributed by atoms with Crippen molar-refractivity contribution < 1.29 is 14.7 Å². The maximum Gasteiger partial charge on any atom is 0.303 e. The third-order valence-corrected chi connectivity index (χ3v) is 3.54. The van der Waals surface area contributed by atoms with Gasteiger partial charge in [-0.1, -0.05) is 25.1 Å². The standard InChI is InChI=1S/C15H20N2O3/c1-10(6-14(18)19)8-17-15(20)12-7-11-4-2-3-5-13(11)16-9-12/h2-5,10,12,16H,6-9H2,1H3,(H,17,20)(H,18,19). The van der Waals surface area contributed by atoms with Gasteiger partial charge in [-0.15, -0.1) is 0 Å². The molecule has 1 heterocycles. The van der Waals surface area contributed by atoms with Gasteiger partial charge < -0.3 is 15.7 Å². The molecular weight excluding hydrogens is 256 g/mol. The van der Waals surface area contributed by atoms with E-state index in [1.807, 2.05) is 31.2 Å². The minimum Gasteiger partial charge on any atom is -0.481 e. The number of carboxylic acids is 1. The summed E-state index contributed by atoms with van der Waals surface area (Å²) in [4.78, 5) is 22.7. The third-order valence-electron chi connectivity index (χ3n) is 3.54. The number of anilines is 1. The number of hydrogen-bond donors (Lipinski definition) is 3. The minimum absolute atomic E-state index is 0.00996. The van der Waals surface area contributed by atoms with Crippen molar-refractivity contribution >= 4 is 17.6 Å². The van der Waals surface area contributed by atoms with Gasteiger partial charge in [-0.25, -0.2) is 0 Å². The molecule has 1 aliphatic heterocycles. The van der Waals surface area contributed by atoms with E-state index in [1.165, 1.54) is 0 Å². The summed E-state index contributed by atoms with van der Waals surface area (Å²) in [6.45, 7) is 2.85. The second-order valence-electron chi connectivity index (χ2n) is 5.39. The first kappa shape index (κ1) is 14.4. The Morgan fingerprint density at radius 1 is 1.45 bits per heavy atom. The van der Waals surface area contributed by atoms with Crippen molar-refractivity contribution in [2.24, 2.45) is 11.8 Å². The van der Waals surface area contributed by atoms with E-state index in [1.54, 1.807) is 0 Å². The lowest BCUT2D eigenvalue weighted by atomic mass is 9.93. The van der Waals surface area contributed by atoms with Crippen LogP contribution in [0.15, 0.2) is 24.3 Å². The Kier molecular flexibility index (Phi) is 4.61. The first-order valence-corrected chi connectivity index (χ1v) is 6.87. The summed E-state index contributed by atoms with van der Waals surface area (Å²) in [5.74, 6) is -0.994. The molecule has 1 aromatic rings. The highest BCUT2D eigenvalue weighted by Crippen LogP contribution is 2.24. The summed E-state index contributed by atoms with van der Waals surface area (Å²) in [7, 11) is 0. The molecule has 2 atom stereocenters. The molecule has 1 amide bonds. The van der Waals surface area contributed by atoms with E-state index < -0.39 is 5.97 Å². The number of hydrogen-bond acceptors (Lipinski definition) is 3. The molecule has 1 aromatic carbocycles. The largest absolute Gasteiger partial charge is 0.481 e. The van der Waals surface area contributed by atoms with Crippen LogP contribution in [0, 0.1) is 11.8 Å². The lowest BCUT2D eigenvalue weighted by molar-refractivity contribution is -0.138. The summed E-state index contributed by atoms with van der Waals surface area (Å²) in [5.41, 5.74) is 2.24. The predicted octanol–water partition coefficient (Wildman–Crippen LogP) is 1.50. The molecule has 0 saturated heterocycles. The quantitative estimate of drug-likeness (QED) is 0.761. The number of carboxylic acid groups (broad SMARTS) is 1. The topological polar surface area (TPSA) is 78.4 Å². The predicted molar refractivity (Wildman–Crippen MR) is 76.6 cm³/mol. The van der Waals surface area contributed by atoms with Gasteiger partial charge in [0.1, 0.15) is 0 Å². The number of aliphatic carboxylic acids is 1. The van der Waals surface area contributed by atoms with Crippen molar-refractivity contribution in [3.05, 3.63) is 29.8 Å². The van der Waals surface area contributed by atoms with Crippen molar-refractivity contribution in [3.8, 4) is 0 Å².